The van der Waals surface area contributed by atoms with Crippen LogP contribution in [0, 0.1) is 25.7 Å². The van der Waals surface area contributed by atoms with Crippen LogP contribution < -0.4 is 25.4 Å². The van der Waals surface area contributed by atoms with E-state index in [4.69, 9.17) is 9.47 Å². The number of rotatable bonds is 15. The smallest absolute Gasteiger partial charge is 0.257 e. The van der Waals surface area contributed by atoms with Crippen molar-refractivity contribution in [2.24, 2.45) is 11.8 Å². The second kappa shape index (κ2) is 19.0. The van der Waals surface area contributed by atoms with Crippen molar-refractivity contribution >= 4 is 80.1 Å². The van der Waals surface area contributed by atoms with Gasteiger partial charge in [-0.25, -0.2) is 9.97 Å². The molecule has 4 amide bonds. The summed E-state index contributed by atoms with van der Waals surface area (Å²) in [5.74, 6) is 1.01. The third kappa shape index (κ3) is 10.7. The molecule has 3 N–H and O–H groups in total. The lowest BCUT2D eigenvalue weighted by molar-refractivity contribution is -0.118. The molecule has 18 heteroatoms. The van der Waals surface area contributed by atoms with Gasteiger partial charge in [-0.05, 0) is 88.8 Å². The largest absolute Gasteiger partial charge is 0.496 e. The molecule has 2 saturated carbocycles. The number of hydrogen-bond acceptors (Lipinski definition) is 14. The summed E-state index contributed by atoms with van der Waals surface area (Å²) in [7, 11) is 1.57. The fourth-order valence-corrected chi connectivity index (χ4v) is 11.2. The number of amides is 4. The zero-order chi connectivity index (χ0) is 42.8. The Labute approximate surface area is 372 Å². The lowest BCUT2D eigenvalue weighted by Gasteiger charge is -2.37. The van der Waals surface area contributed by atoms with Crippen LogP contribution in [0.15, 0.2) is 54.9 Å². The minimum Gasteiger partial charge on any atom is -0.496 e. The van der Waals surface area contributed by atoms with Gasteiger partial charge >= 0.3 is 0 Å². The molecule has 324 valence electrons. The number of carbonyl (C=O) groups is 4. The third-order valence-electron chi connectivity index (χ3n) is 11.3. The van der Waals surface area contributed by atoms with Gasteiger partial charge in [-0.2, -0.15) is 0 Å². The standard InChI is InChI=1S/C43H52N8O6S4/c1-24(2)49-12-14-50(15-13-49)40(54)31-19-35(59-37-21-46-43(61-37)48-39(53)28-8-9-28)26(4)17-33(31)57-23-29-22-51(11-10-44-29)41(55)30-18-34(25(3)16-32(30)56-5)58-36-20-45-42(60-36)47-38(52)27-6-7-27/h16-21,24,27-29,44H,6-15,22-23H2,1-5H3,(H,45,47,52)(H,46,48,53). The maximum Gasteiger partial charge on any atom is 0.257 e. The van der Waals surface area contributed by atoms with Crippen LogP contribution in [0.4, 0.5) is 10.3 Å². The van der Waals surface area contributed by atoms with Crippen LogP contribution in [-0.4, -0.2) is 120 Å². The van der Waals surface area contributed by atoms with Crippen LogP contribution in [-0.2, 0) is 9.59 Å². The minimum atomic E-state index is -0.196. The Morgan fingerprint density at radius 2 is 1.30 bits per heavy atom. The second-order valence-electron chi connectivity index (χ2n) is 16.3. The van der Waals surface area contributed by atoms with E-state index in [9.17, 15) is 19.2 Å². The van der Waals surface area contributed by atoms with E-state index in [0.717, 1.165) is 68.1 Å². The van der Waals surface area contributed by atoms with Crippen molar-refractivity contribution in [3.63, 3.8) is 0 Å². The first-order valence-electron chi connectivity index (χ1n) is 20.8. The molecule has 4 aromatic rings. The highest BCUT2D eigenvalue weighted by Crippen LogP contribution is 2.41. The van der Waals surface area contributed by atoms with Gasteiger partial charge in [-0.15, -0.1) is 0 Å². The van der Waals surface area contributed by atoms with Crippen molar-refractivity contribution in [2.45, 2.75) is 83.7 Å². The number of benzene rings is 2. The highest BCUT2D eigenvalue weighted by molar-refractivity contribution is 8.01. The van der Waals surface area contributed by atoms with E-state index in [1.54, 1.807) is 19.5 Å². The van der Waals surface area contributed by atoms with E-state index >= 15 is 0 Å². The molecule has 2 aliphatic carbocycles. The summed E-state index contributed by atoms with van der Waals surface area (Å²) in [5, 5.41) is 10.5. The number of thiazole rings is 2. The van der Waals surface area contributed by atoms with E-state index < -0.39 is 0 Å². The number of methoxy groups -OCH3 is 1. The molecule has 61 heavy (non-hydrogen) atoms. The SMILES string of the molecule is COc1cc(C)c(Sc2cnc(NC(=O)C3CC3)s2)cc1C(=O)N1CCNC(COc2cc(C)c(Sc3cnc(NC(=O)C4CC4)s3)cc2C(=O)N2CCN(C(C)C)CC2)C1. The number of nitrogens with zero attached hydrogens (tertiary/aromatic N) is 5. The van der Waals surface area contributed by atoms with Crippen molar-refractivity contribution in [3.8, 4) is 11.5 Å². The summed E-state index contributed by atoms with van der Waals surface area (Å²) in [5.41, 5.74) is 2.87. The lowest BCUT2D eigenvalue weighted by atomic mass is 10.1. The molecule has 14 nitrogen and oxygen atoms in total. The average Bonchev–Trinajstić information content (AvgIpc) is 4.20. The molecule has 4 heterocycles. The Bertz CT molecular complexity index is 2280. The Morgan fingerprint density at radius 1 is 0.770 bits per heavy atom. The number of nitrogens with one attached hydrogen (secondary N) is 3. The molecule has 1 unspecified atom stereocenters. The van der Waals surface area contributed by atoms with Crippen LogP contribution in [0.3, 0.4) is 0 Å². The Balaban J connectivity index is 0.959. The molecule has 2 aliphatic heterocycles. The molecule has 4 aliphatic rings. The molecule has 1 atom stereocenters. The number of piperazine rings is 2. The first kappa shape index (κ1) is 43.4. The van der Waals surface area contributed by atoms with Crippen molar-refractivity contribution < 1.29 is 28.7 Å². The van der Waals surface area contributed by atoms with Gasteiger partial charge in [0, 0.05) is 73.5 Å². The normalized spacial score (nSPS) is 18.3. The van der Waals surface area contributed by atoms with Crippen molar-refractivity contribution in [2.75, 3.05) is 70.2 Å². The summed E-state index contributed by atoms with van der Waals surface area (Å²) in [6, 6.07) is 7.85. The van der Waals surface area contributed by atoms with E-state index in [-0.39, 0.29) is 48.1 Å². The molecule has 2 aromatic carbocycles. The molecule has 2 aromatic heterocycles. The molecular formula is C43H52N8O6S4. The third-order valence-corrected chi connectivity index (χ3v) is 15.6. The van der Waals surface area contributed by atoms with Gasteiger partial charge in [-0.3, -0.25) is 24.1 Å². The number of aromatic nitrogens is 2. The van der Waals surface area contributed by atoms with Crippen LogP contribution >= 0.6 is 46.2 Å². The highest BCUT2D eigenvalue weighted by Gasteiger charge is 2.33. The van der Waals surface area contributed by atoms with Crippen LogP contribution in [0.1, 0.15) is 71.4 Å². The first-order valence-corrected chi connectivity index (χ1v) is 24.1. The van der Waals surface area contributed by atoms with Gasteiger partial charge < -0.3 is 35.2 Å². The van der Waals surface area contributed by atoms with Gasteiger partial charge in [0.05, 0.1) is 45.1 Å². The highest BCUT2D eigenvalue weighted by atomic mass is 32.2. The summed E-state index contributed by atoms with van der Waals surface area (Å²) >= 11 is 5.86. The zero-order valence-electron chi connectivity index (χ0n) is 35.1. The number of hydrogen-bond donors (Lipinski definition) is 3. The topological polar surface area (TPSA) is 158 Å². The van der Waals surface area contributed by atoms with Crippen LogP contribution in [0.2, 0.25) is 0 Å². The summed E-state index contributed by atoms with van der Waals surface area (Å²) in [6.07, 6.45) is 7.21. The number of carbonyl (C=O) groups excluding carboxylic acids is 4. The zero-order valence-corrected chi connectivity index (χ0v) is 38.3. The summed E-state index contributed by atoms with van der Waals surface area (Å²) < 4.78 is 14.1. The first-order chi connectivity index (χ1) is 29.4. The minimum absolute atomic E-state index is 0.0189. The Hall–Kier alpha value is -4.20. The monoisotopic (exact) mass is 904 g/mol. The van der Waals surface area contributed by atoms with Crippen molar-refractivity contribution in [1.82, 2.24) is 30.0 Å². The second-order valence-corrected chi connectivity index (χ2v) is 21.0. The van der Waals surface area contributed by atoms with Crippen LogP contribution in [0.5, 0.6) is 11.5 Å². The fourth-order valence-electron chi connectivity index (χ4n) is 7.31. The number of anilines is 2. The Morgan fingerprint density at radius 3 is 1.82 bits per heavy atom. The van der Waals surface area contributed by atoms with E-state index in [1.165, 1.54) is 46.2 Å². The van der Waals surface area contributed by atoms with Gasteiger partial charge in [0.1, 0.15) is 18.1 Å². The van der Waals surface area contributed by atoms with E-state index in [2.05, 4.69) is 44.7 Å². The van der Waals surface area contributed by atoms with Gasteiger partial charge in [0.2, 0.25) is 11.8 Å². The quantitative estimate of drug-likeness (QED) is 0.114. The van der Waals surface area contributed by atoms with Gasteiger partial charge in [0.25, 0.3) is 11.8 Å². The lowest BCUT2D eigenvalue weighted by Crippen LogP contribution is -2.54. The maximum atomic E-state index is 14.3. The predicted octanol–water partition coefficient (Wildman–Crippen LogP) is 6.88. The predicted molar refractivity (Wildman–Crippen MR) is 240 cm³/mol. The summed E-state index contributed by atoms with van der Waals surface area (Å²) in [6.45, 7) is 12.9. The van der Waals surface area contributed by atoms with Crippen molar-refractivity contribution in [1.29, 1.82) is 0 Å². The van der Waals surface area contributed by atoms with Gasteiger partial charge in [-0.1, -0.05) is 46.2 Å². The molecule has 0 radical (unpaired) electrons. The number of ether oxygens (including phenoxy) is 2. The maximum absolute atomic E-state index is 14.3. The summed E-state index contributed by atoms with van der Waals surface area (Å²) in [4.78, 5) is 69.9. The van der Waals surface area contributed by atoms with E-state index in [1.807, 2.05) is 47.9 Å². The number of aryl methyl sites for hydroxylation is 2. The van der Waals surface area contributed by atoms with Gasteiger partial charge in [0.15, 0.2) is 10.3 Å². The molecular weight excluding hydrogens is 853 g/mol. The molecule has 8 rings (SSSR count). The average molecular weight is 905 g/mol. The van der Waals surface area contributed by atoms with E-state index in [0.29, 0.717) is 71.7 Å². The molecule has 0 spiro atoms. The Kier molecular flexibility index (Phi) is 13.6. The van der Waals surface area contributed by atoms with Crippen molar-refractivity contribution in [3.05, 3.63) is 58.9 Å². The molecule has 4 fully saturated rings. The van der Waals surface area contributed by atoms with Crippen LogP contribution in [0.25, 0.3) is 0 Å². The molecule has 0 bridgehead atoms. The fraction of sp³-hybridized carbons (Fsp3) is 0.488. The molecule has 2 saturated heterocycles.